The molecule has 0 spiro atoms. The molecule has 0 atom stereocenters. The van der Waals surface area contributed by atoms with E-state index in [0.29, 0.717) is 11.1 Å². The van der Waals surface area contributed by atoms with Crippen LogP contribution in [0.1, 0.15) is 56.8 Å². The molecule has 0 heterocycles. The molecule has 0 fully saturated rings. The molecule has 0 bridgehead atoms. The summed E-state index contributed by atoms with van der Waals surface area (Å²) in [5.41, 5.74) is 7.32. The van der Waals surface area contributed by atoms with E-state index in [1.165, 1.54) is 0 Å². The van der Waals surface area contributed by atoms with Crippen LogP contribution in [0.25, 0.3) is 11.1 Å². The average Bonchev–Trinajstić information content (AvgIpc) is 2.96. The Morgan fingerprint density at radius 3 is 0.921 bits per heavy atom. The van der Waals surface area contributed by atoms with Gasteiger partial charge in [0.2, 0.25) is 0 Å². The van der Waals surface area contributed by atoms with Gasteiger partial charge in [0, 0.05) is 11.1 Å². The van der Waals surface area contributed by atoms with Crippen molar-refractivity contribution in [1.29, 1.82) is 0 Å². The van der Waals surface area contributed by atoms with Crippen LogP contribution >= 0.6 is 0 Å². The highest BCUT2D eigenvalue weighted by molar-refractivity contribution is 5.95. The summed E-state index contributed by atoms with van der Waals surface area (Å²) < 4.78 is 10.7. The van der Waals surface area contributed by atoms with Gasteiger partial charge >= 0.3 is 0 Å². The summed E-state index contributed by atoms with van der Waals surface area (Å²) in [7, 11) is 3.29. The Balaban J connectivity index is 1.87. The largest absolute Gasteiger partial charge is 0.497 e. The van der Waals surface area contributed by atoms with Gasteiger partial charge in [-0.3, -0.25) is 9.59 Å². The van der Waals surface area contributed by atoms with Gasteiger partial charge in [0.15, 0.2) is 11.6 Å². The molecule has 4 nitrogen and oxygen atoms in total. The maximum Gasteiger partial charge on any atom is 0.159 e. The lowest BCUT2D eigenvalue weighted by atomic mass is 9.93. The highest BCUT2D eigenvalue weighted by atomic mass is 16.5. The molecule has 4 aromatic rings. The molecule has 0 aliphatic rings. The Bertz CT molecular complexity index is 1360. The van der Waals surface area contributed by atoms with Crippen LogP contribution in [0, 0.1) is 0 Å². The second-order valence-electron chi connectivity index (χ2n) is 8.88. The van der Waals surface area contributed by atoms with Crippen LogP contribution in [0.15, 0.2) is 109 Å². The van der Waals surface area contributed by atoms with Crippen molar-refractivity contribution in [3.8, 4) is 11.5 Å². The van der Waals surface area contributed by atoms with Crippen LogP contribution in [0.4, 0.5) is 0 Å². The van der Waals surface area contributed by atoms with Crippen molar-refractivity contribution in [2.24, 2.45) is 0 Å². The van der Waals surface area contributed by atoms with Crippen LogP contribution in [0.2, 0.25) is 0 Å². The van der Waals surface area contributed by atoms with E-state index in [1.807, 2.05) is 97.1 Å². The predicted octanol–water partition coefficient (Wildman–Crippen LogP) is 7.67. The van der Waals surface area contributed by atoms with Crippen molar-refractivity contribution < 1.29 is 19.1 Å². The standard InChI is InChI=1S/C34H30O4/c1-23(35)25-5-9-27(10-6-25)33(29-13-17-31(37-3)18-14-29)21-22-34(30-15-19-32(38-4)20-16-30)28-11-7-26(8-12-28)24(2)36/h5-22H,1-4H3/b33-21+,34-22+. The molecule has 4 aromatic carbocycles. The van der Waals surface area contributed by atoms with E-state index >= 15 is 0 Å². The number of methoxy groups -OCH3 is 2. The van der Waals surface area contributed by atoms with Crippen molar-refractivity contribution in [1.82, 2.24) is 0 Å². The van der Waals surface area contributed by atoms with Crippen molar-refractivity contribution in [3.05, 3.63) is 143 Å². The third-order valence-electron chi connectivity index (χ3n) is 6.42. The molecule has 0 radical (unpaired) electrons. The quantitative estimate of drug-likeness (QED) is 0.174. The minimum absolute atomic E-state index is 0.0298. The summed E-state index contributed by atoms with van der Waals surface area (Å²) in [4.78, 5) is 23.7. The van der Waals surface area contributed by atoms with E-state index in [-0.39, 0.29) is 11.6 Å². The molecule has 0 N–H and O–H groups in total. The number of benzene rings is 4. The first kappa shape index (κ1) is 26.4. The zero-order valence-electron chi connectivity index (χ0n) is 22.0. The summed E-state index contributed by atoms with van der Waals surface area (Å²) >= 11 is 0. The molecular weight excluding hydrogens is 472 g/mol. The highest BCUT2D eigenvalue weighted by Gasteiger charge is 2.10. The molecule has 0 saturated carbocycles. The van der Waals surface area contributed by atoms with Crippen LogP contribution in [0.3, 0.4) is 0 Å². The normalized spacial score (nSPS) is 11.7. The maximum absolute atomic E-state index is 11.8. The van der Waals surface area contributed by atoms with E-state index in [4.69, 9.17) is 9.47 Å². The van der Waals surface area contributed by atoms with Crippen LogP contribution in [-0.2, 0) is 0 Å². The topological polar surface area (TPSA) is 52.6 Å². The molecule has 0 amide bonds. The van der Waals surface area contributed by atoms with Gasteiger partial charge in [-0.2, -0.15) is 0 Å². The van der Waals surface area contributed by atoms with E-state index < -0.39 is 0 Å². The zero-order valence-corrected chi connectivity index (χ0v) is 22.0. The smallest absolute Gasteiger partial charge is 0.159 e. The van der Waals surface area contributed by atoms with Crippen molar-refractivity contribution in [2.75, 3.05) is 14.2 Å². The fourth-order valence-corrected chi connectivity index (χ4v) is 4.20. The summed E-state index contributed by atoms with van der Waals surface area (Å²) in [5.74, 6) is 1.62. The average molecular weight is 503 g/mol. The van der Waals surface area contributed by atoms with Gasteiger partial charge in [0.1, 0.15) is 11.5 Å². The van der Waals surface area contributed by atoms with Gasteiger partial charge in [0.25, 0.3) is 0 Å². The number of ether oxygens (including phenoxy) is 2. The molecular formula is C34H30O4. The second-order valence-corrected chi connectivity index (χ2v) is 8.88. The Morgan fingerprint density at radius 1 is 0.447 bits per heavy atom. The van der Waals surface area contributed by atoms with E-state index in [2.05, 4.69) is 12.2 Å². The lowest BCUT2D eigenvalue weighted by molar-refractivity contribution is 0.100. The van der Waals surface area contributed by atoms with Gasteiger partial charge in [-0.05, 0) is 71.5 Å². The zero-order chi connectivity index (χ0) is 27.1. The third-order valence-corrected chi connectivity index (χ3v) is 6.42. The fraction of sp³-hybridized carbons (Fsp3) is 0.118. The van der Waals surface area contributed by atoms with E-state index in [0.717, 1.165) is 44.9 Å². The number of hydrogen-bond acceptors (Lipinski definition) is 4. The molecule has 0 aromatic heterocycles. The summed E-state index contributed by atoms with van der Waals surface area (Å²) in [6, 6.07) is 31.1. The monoisotopic (exact) mass is 502 g/mol. The SMILES string of the molecule is COc1ccc(/C(=C/C=C(/c2ccc(OC)cc2)c2ccc(C(C)=O)cc2)c2ccc(C(C)=O)cc2)cc1. The number of allylic oxidation sites excluding steroid dienone is 2. The van der Waals surface area contributed by atoms with Crippen molar-refractivity contribution in [2.45, 2.75) is 13.8 Å². The molecule has 0 aliphatic carbocycles. The van der Waals surface area contributed by atoms with Crippen molar-refractivity contribution in [3.63, 3.8) is 0 Å². The Kier molecular flexibility index (Phi) is 8.34. The Hall–Kier alpha value is -4.70. The van der Waals surface area contributed by atoms with Gasteiger partial charge in [-0.25, -0.2) is 0 Å². The van der Waals surface area contributed by atoms with Gasteiger partial charge in [-0.1, -0.05) is 84.9 Å². The molecule has 0 aliphatic heterocycles. The lowest BCUT2D eigenvalue weighted by Gasteiger charge is -2.12. The number of hydrogen-bond donors (Lipinski definition) is 0. The summed E-state index contributed by atoms with van der Waals surface area (Å²) in [6.07, 6.45) is 4.17. The first-order chi connectivity index (χ1) is 18.4. The van der Waals surface area contributed by atoms with Gasteiger partial charge < -0.3 is 9.47 Å². The predicted molar refractivity (Wildman–Crippen MR) is 153 cm³/mol. The Morgan fingerprint density at radius 2 is 0.684 bits per heavy atom. The molecule has 4 heteroatoms. The molecule has 190 valence electrons. The molecule has 38 heavy (non-hydrogen) atoms. The number of carbonyl (C=O) groups excluding carboxylic acids is 2. The lowest BCUT2D eigenvalue weighted by Crippen LogP contribution is -1.95. The second kappa shape index (κ2) is 12.0. The fourth-order valence-electron chi connectivity index (χ4n) is 4.20. The highest BCUT2D eigenvalue weighted by Crippen LogP contribution is 2.30. The van der Waals surface area contributed by atoms with Crippen LogP contribution in [-0.4, -0.2) is 25.8 Å². The van der Waals surface area contributed by atoms with E-state index in [1.54, 1.807) is 28.1 Å². The minimum Gasteiger partial charge on any atom is -0.497 e. The minimum atomic E-state index is 0.0298. The number of Topliss-reactive ketones (excluding diaryl/α,β-unsaturated/α-hetero) is 2. The maximum atomic E-state index is 11.8. The first-order valence-electron chi connectivity index (χ1n) is 12.3. The number of rotatable bonds is 9. The Labute approximate surface area is 223 Å². The van der Waals surface area contributed by atoms with Gasteiger partial charge in [0.05, 0.1) is 14.2 Å². The van der Waals surface area contributed by atoms with E-state index in [9.17, 15) is 9.59 Å². The summed E-state index contributed by atoms with van der Waals surface area (Å²) in [6.45, 7) is 3.13. The molecule has 4 rings (SSSR count). The number of ketones is 2. The summed E-state index contributed by atoms with van der Waals surface area (Å²) in [5, 5.41) is 0. The van der Waals surface area contributed by atoms with Crippen LogP contribution in [0.5, 0.6) is 11.5 Å². The first-order valence-corrected chi connectivity index (χ1v) is 12.3. The third kappa shape index (κ3) is 6.16. The van der Waals surface area contributed by atoms with Crippen LogP contribution < -0.4 is 9.47 Å². The van der Waals surface area contributed by atoms with Crippen molar-refractivity contribution >= 4 is 22.7 Å². The van der Waals surface area contributed by atoms with Gasteiger partial charge in [-0.15, -0.1) is 0 Å². The number of carbonyl (C=O) groups is 2. The molecule has 0 unspecified atom stereocenters. The molecule has 0 saturated heterocycles.